The minimum Gasteiger partial charge on any atom is -0.485 e. The number of benzene rings is 2. The topological polar surface area (TPSA) is 71.9 Å². The molecule has 2 fully saturated rings. The number of halogens is 1. The number of fused-ring (bicyclic) bond motifs is 1. The molecule has 1 aliphatic carbocycles. The number of carboxylic acids is 1. The van der Waals surface area contributed by atoms with E-state index in [-0.39, 0.29) is 23.4 Å². The van der Waals surface area contributed by atoms with E-state index in [4.69, 9.17) is 9.47 Å². The summed E-state index contributed by atoms with van der Waals surface area (Å²) in [5.41, 5.74) is 5.76. The van der Waals surface area contributed by atoms with Gasteiger partial charge in [-0.3, -0.25) is 9.69 Å². The number of aromatic nitrogens is 1. The van der Waals surface area contributed by atoms with Crippen molar-refractivity contribution in [3.63, 3.8) is 0 Å². The van der Waals surface area contributed by atoms with Crippen LogP contribution in [0.25, 0.3) is 11.1 Å². The first-order valence-electron chi connectivity index (χ1n) is 15.7. The minimum absolute atomic E-state index is 0.0116. The number of hydrogen-bond donors (Lipinski definition) is 1. The Morgan fingerprint density at radius 2 is 1.95 bits per heavy atom. The van der Waals surface area contributed by atoms with Gasteiger partial charge in [-0.1, -0.05) is 43.7 Å². The van der Waals surface area contributed by atoms with Gasteiger partial charge in [0.05, 0.1) is 19.2 Å². The molecule has 2 aliphatic heterocycles. The number of methoxy groups -OCH3 is 1. The normalized spacial score (nSPS) is 21.4. The van der Waals surface area contributed by atoms with Crippen molar-refractivity contribution < 1.29 is 23.8 Å². The molecular weight excluding hydrogens is 543 g/mol. The Kier molecular flexibility index (Phi) is 8.20. The zero-order valence-electron chi connectivity index (χ0n) is 25.7. The molecule has 228 valence electrons. The monoisotopic (exact) mass is 586 g/mol. The third-order valence-corrected chi connectivity index (χ3v) is 10.3. The summed E-state index contributed by atoms with van der Waals surface area (Å²) in [4.78, 5) is 18.5. The molecule has 3 aliphatic rings. The van der Waals surface area contributed by atoms with Gasteiger partial charge in [0.25, 0.3) is 0 Å². The lowest BCUT2D eigenvalue weighted by molar-refractivity contribution is -0.142. The number of carbonyl (C=O) groups is 1. The summed E-state index contributed by atoms with van der Waals surface area (Å²) in [5.74, 6) is 0.0660. The summed E-state index contributed by atoms with van der Waals surface area (Å²) in [7, 11) is 1.54. The maximum Gasteiger partial charge on any atom is 0.306 e. The highest BCUT2D eigenvalue weighted by Gasteiger charge is 2.37. The van der Waals surface area contributed by atoms with Crippen LogP contribution < -0.4 is 9.47 Å². The van der Waals surface area contributed by atoms with Gasteiger partial charge < -0.3 is 14.6 Å². The zero-order chi connectivity index (χ0) is 30.3. The molecule has 1 saturated carbocycles. The van der Waals surface area contributed by atoms with E-state index in [1.54, 1.807) is 13.2 Å². The standard InChI is InChI=1S/C36H43FN2O4/c1-22(35(40)41)34(24-7-5-8-24)26-10-9-23-12-14-31(43-32(23)18-26)25-11-13-28(29-19-33(42-4)38-20-30(29)37)27(17-25)21-39-16-6-15-36(39,2)3/h9-11,13,17-20,22,24,31,34H,5-8,12,14-16,21H2,1-4H3,(H,40,41)/t22-,31?,34-/m0/s1. The van der Waals surface area contributed by atoms with Gasteiger partial charge in [-0.25, -0.2) is 9.37 Å². The van der Waals surface area contributed by atoms with Gasteiger partial charge in [0.2, 0.25) is 5.88 Å². The van der Waals surface area contributed by atoms with Gasteiger partial charge in [0.1, 0.15) is 17.7 Å². The Morgan fingerprint density at radius 3 is 2.63 bits per heavy atom. The van der Waals surface area contributed by atoms with E-state index >= 15 is 4.39 Å². The van der Waals surface area contributed by atoms with E-state index in [1.165, 1.54) is 12.6 Å². The summed E-state index contributed by atoms with van der Waals surface area (Å²) in [6, 6.07) is 14.3. The van der Waals surface area contributed by atoms with Crippen molar-refractivity contribution >= 4 is 5.97 Å². The molecule has 1 saturated heterocycles. The largest absolute Gasteiger partial charge is 0.485 e. The van der Waals surface area contributed by atoms with Gasteiger partial charge >= 0.3 is 5.97 Å². The third-order valence-electron chi connectivity index (χ3n) is 10.3. The third kappa shape index (κ3) is 5.88. The Balaban J connectivity index is 1.33. The van der Waals surface area contributed by atoms with Crippen LogP contribution in [0.3, 0.4) is 0 Å². The van der Waals surface area contributed by atoms with E-state index in [1.807, 2.05) is 13.0 Å². The van der Waals surface area contributed by atoms with Crippen LogP contribution in [0.4, 0.5) is 4.39 Å². The van der Waals surface area contributed by atoms with Crippen molar-refractivity contribution in [2.45, 2.75) is 89.8 Å². The van der Waals surface area contributed by atoms with Crippen LogP contribution in [-0.4, -0.2) is 40.2 Å². The molecule has 7 heteroatoms. The number of rotatable bonds is 9. The summed E-state index contributed by atoms with van der Waals surface area (Å²) in [6.07, 6.45) is 8.42. The molecule has 0 amide bonds. The lowest BCUT2D eigenvalue weighted by atomic mass is 9.68. The second-order valence-corrected chi connectivity index (χ2v) is 13.3. The molecular formula is C36H43FN2O4. The highest BCUT2D eigenvalue weighted by atomic mass is 19.1. The molecule has 6 nitrogen and oxygen atoms in total. The lowest BCUT2D eigenvalue weighted by Gasteiger charge is -2.37. The Hall–Kier alpha value is -3.45. The quantitative estimate of drug-likeness (QED) is 0.274. The van der Waals surface area contributed by atoms with Crippen molar-refractivity contribution in [1.82, 2.24) is 9.88 Å². The van der Waals surface area contributed by atoms with Gasteiger partial charge in [0.15, 0.2) is 0 Å². The Labute approximate surface area is 254 Å². The van der Waals surface area contributed by atoms with Crippen LogP contribution in [0.1, 0.15) is 93.6 Å². The number of aliphatic carboxylic acids is 1. The number of carboxylic acid groups (broad SMARTS) is 1. The number of hydrogen-bond acceptors (Lipinski definition) is 5. The number of aryl methyl sites for hydroxylation is 1. The maximum atomic E-state index is 15.2. The second kappa shape index (κ2) is 11.9. The van der Waals surface area contributed by atoms with Crippen molar-refractivity contribution in [2.75, 3.05) is 13.7 Å². The van der Waals surface area contributed by atoms with E-state index in [0.29, 0.717) is 23.9 Å². The molecule has 1 N–H and O–H groups in total. The van der Waals surface area contributed by atoms with Gasteiger partial charge in [-0.05, 0) is 105 Å². The highest BCUT2D eigenvalue weighted by molar-refractivity contribution is 5.71. The summed E-state index contributed by atoms with van der Waals surface area (Å²) in [5, 5.41) is 9.85. The molecule has 6 rings (SSSR count). The predicted molar refractivity (Wildman–Crippen MR) is 165 cm³/mol. The first kappa shape index (κ1) is 29.6. The van der Waals surface area contributed by atoms with Crippen LogP contribution in [0.15, 0.2) is 48.7 Å². The van der Waals surface area contributed by atoms with Crippen LogP contribution in [0, 0.1) is 17.7 Å². The summed E-state index contributed by atoms with van der Waals surface area (Å²) in [6.45, 7) is 8.11. The lowest BCUT2D eigenvalue weighted by Crippen LogP contribution is -2.37. The van der Waals surface area contributed by atoms with Crippen molar-refractivity contribution in [3.8, 4) is 22.8 Å². The molecule has 0 radical (unpaired) electrons. The van der Waals surface area contributed by atoms with E-state index in [2.05, 4.69) is 54.1 Å². The molecule has 1 aromatic heterocycles. The van der Waals surface area contributed by atoms with Crippen LogP contribution in [0.5, 0.6) is 11.6 Å². The number of pyridine rings is 1. The first-order valence-corrected chi connectivity index (χ1v) is 15.7. The van der Waals surface area contributed by atoms with Crippen LogP contribution in [0.2, 0.25) is 0 Å². The average Bonchev–Trinajstić information content (AvgIpc) is 3.31. The zero-order valence-corrected chi connectivity index (χ0v) is 25.7. The van der Waals surface area contributed by atoms with Gasteiger partial charge in [0, 0.05) is 23.7 Å². The minimum atomic E-state index is -0.745. The molecule has 0 bridgehead atoms. The Bertz CT molecular complexity index is 1500. The molecule has 43 heavy (non-hydrogen) atoms. The molecule has 3 aromatic rings. The van der Waals surface area contributed by atoms with Gasteiger partial charge in [-0.15, -0.1) is 0 Å². The maximum absolute atomic E-state index is 15.2. The van der Waals surface area contributed by atoms with Crippen LogP contribution >= 0.6 is 0 Å². The molecule has 3 heterocycles. The van der Waals surface area contributed by atoms with E-state index < -0.39 is 11.9 Å². The smallest absolute Gasteiger partial charge is 0.306 e. The second-order valence-electron chi connectivity index (χ2n) is 13.3. The van der Waals surface area contributed by atoms with Gasteiger partial charge in [-0.2, -0.15) is 0 Å². The number of likely N-dealkylation sites (tertiary alicyclic amines) is 1. The fourth-order valence-corrected chi connectivity index (χ4v) is 7.36. The Morgan fingerprint density at radius 1 is 1.14 bits per heavy atom. The first-order chi connectivity index (χ1) is 20.6. The van der Waals surface area contributed by atoms with E-state index in [9.17, 15) is 9.90 Å². The number of nitrogens with zero attached hydrogens (tertiary/aromatic N) is 2. The van der Waals surface area contributed by atoms with Crippen molar-refractivity contribution in [3.05, 3.63) is 76.7 Å². The van der Waals surface area contributed by atoms with Crippen molar-refractivity contribution in [1.29, 1.82) is 0 Å². The molecule has 1 unspecified atom stereocenters. The SMILES string of the molecule is COc1cc(-c2ccc(C3CCc4ccc([C@H](C5CCC5)[C@H](C)C(=O)O)cc4O3)cc2CN2CCCC2(C)C)c(F)cn1. The highest BCUT2D eigenvalue weighted by Crippen LogP contribution is 2.46. The molecule has 2 aromatic carbocycles. The van der Waals surface area contributed by atoms with Crippen LogP contribution in [-0.2, 0) is 17.8 Å². The fraction of sp³-hybridized carbons (Fsp3) is 0.500. The van der Waals surface area contributed by atoms with E-state index in [0.717, 1.165) is 78.6 Å². The number of ether oxygens (including phenoxy) is 2. The molecule has 0 spiro atoms. The van der Waals surface area contributed by atoms with Crippen molar-refractivity contribution in [2.24, 2.45) is 11.8 Å². The predicted octanol–water partition coefficient (Wildman–Crippen LogP) is 7.94. The average molecular weight is 587 g/mol. The molecule has 3 atom stereocenters. The fourth-order valence-electron chi connectivity index (χ4n) is 7.36. The summed E-state index contributed by atoms with van der Waals surface area (Å²) < 4.78 is 27.2. The summed E-state index contributed by atoms with van der Waals surface area (Å²) >= 11 is 0.